The van der Waals surface area contributed by atoms with Crippen molar-refractivity contribution in [1.82, 2.24) is 0 Å². The highest BCUT2D eigenvalue weighted by Gasteiger charge is 2.26. The Hall–Kier alpha value is -2.16. The van der Waals surface area contributed by atoms with E-state index in [0.717, 1.165) is 0 Å². The van der Waals surface area contributed by atoms with Gasteiger partial charge in [0.2, 0.25) is 0 Å². The van der Waals surface area contributed by atoms with Gasteiger partial charge in [-0.25, -0.2) is 0 Å². The molecule has 0 spiro atoms. The molecule has 3 nitrogen and oxygen atoms in total. The van der Waals surface area contributed by atoms with E-state index in [1.54, 1.807) is 0 Å². The second-order valence-corrected chi connectivity index (χ2v) is 7.26. The molecule has 0 saturated heterocycles. The maximum absolute atomic E-state index is 12.7. The van der Waals surface area contributed by atoms with Crippen molar-refractivity contribution < 1.29 is 14.3 Å². The number of carbonyl (C=O) groups is 2. The summed E-state index contributed by atoms with van der Waals surface area (Å²) >= 11 is 0. The lowest BCUT2D eigenvalue weighted by Crippen LogP contribution is -2.25. The molecule has 0 unspecified atom stereocenters. The van der Waals surface area contributed by atoms with Crippen molar-refractivity contribution in [2.24, 2.45) is 17.8 Å². The lowest BCUT2D eigenvalue weighted by atomic mass is 9.86. The number of fused-ring (bicyclic) bond motifs is 1. The Kier molecular flexibility index (Phi) is 6.74. The van der Waals surface area contributed by atoms with E-state index in [1.165, 1.54) is 23.4 Å². The van der Waals surface area contributed by atoms with Crippen LogP contribution in [0.25, 0.3) is 10.8 Å². The largest absolute Gasteiger partial charge is 0.469 e. The van der Waals surface area contributed by atoms with Gasteiger partial charge < -0.3 is 4.74 Å². The molecule has 25 heavy (non-hydrogen) atoms. The Morgan fingerprint density at radius 2 is 1.68 bits per heavy atom. The number of methoxy groups -OCH3 is 1. The first-order valence-corrected chi connectivity index (χ1v) is 8.99. The molecule has 0 radical (unpaired) electrons. The van der Waals surface area contributed by atoms with E-state index >= 15 is 0 Å². The molecule has 3 heteroatoms. The van der Waals surface area contributed by atoms with Crippen molar-refractivity contribution >= 4 is 22.5 Å². The number of Topliss-reactive ketones (excluding diaryl/α,β-unsaturated/α-hetero) is 1. The average molecular weight is 340 g/mol. The fraction of sp³-hybridized carbons (Fsp3) is 0.455. The SMILES string of the molecule is COC(=O)[C@@H](CC(=O)[C@@H](C)Cc1cccc2ccccc12)CC(C)C. The molecule has 0 aromatic heterocycles. The average Bonchev–Trinajstić information content (AvgIpc) is 2.60. The Bertz CT molecular complexity index is 728. The fourth-order valence-corrected chi connectivity index (χ4v) is 3.36. The maximum Gasteiger partial charge on any atom is 0.309 e. The molecule has 0 fully saturated rings. The van der Waals surface area contributed by atoms with Gasteiger partial charge in [-0.2, -0.15) is 0 Å². The molecule has 2 atom stereocenters. The quantitative estimate of drug-likeness (QED) is 0.648. The zero-order valence-corrected chi connectivity index (χ0v) is 15.6. The van der Waals surface area contributed by atoms with Crippen LogP contribution < -0.4 is 0 Å². The van der Waals surface area contributed by atoms with E-state index in [2.05, 4.69) is 38.1 Å². The molecule has 0 aliphatic heterocycles. The smallest absolute Gasteiger partial charge is 0.309 e. The van der Waals surface area contributed by atoms with Crippen LogP contribution in [0.2, 0.25) is 0 Å². The van der Waals surface area contributed by atoms with E-state index in [0.29, 0.717) is 18.8 Å². The molecule has 2 aromatic carbocycles. The van der Waals surface area contributed by atoms with Crippen LogP contribution in [0, 0.1) is 17.8 Å². The Morgan fingerprint density at radius 1 is 1.00 bits per heavy atom. The van der Waals surface area contributed by atoms with Crippen molar-refractivity contribution in [2.75, 3.05) is 7.11 Å². The van der Waals surface area contributed by atoms with Gasteiger partial charge in [-0.05, 0) is 35.1 Å². The minimum atomic E-state index is -0.340. The number of hydrogen-bond acceptors (Lipinski definition) is 3. The molecule has 0 amide bonds. The van der Waals surface area contributed by atoms with E-state index in [4.69, 9.17) is 4.74 Å². The third-order valence-electron chi connectivity index (χ3n) is 4.69. The lowest BCUT2D eigenvalue weighted by molar-refractivity contribution is -0.148. The molecule has 2 rings (SSSR count). The Morgan fingerprint density at radius 3 is 2.36 bits per heavy atom. The predicted octanol–water partition coefficient (Wildman–Crippen LogP) is 4.81. The van der Waals surface area contributed by atoms with Crippen LogP contribution in [-0.4, -0.2) is 18.9 Å². The Labute approximate surface area is 150 Å². The van der Waals surface area contributed by atoms with Crippen LogP contribution in [0.4, 0.5) is 0 Å². The molecule has 0 N–H and O–H groups in total. The second kappa shape index (κ2) is 8.80. The van der Waals surface area contributed by atoms with E-state index < -0.39 is 0 Å². The maximum atomic E-state index is 12.7. The normalized spacial score (nSPS) is 13.6. The van der Waals surface area contributed by atoms with Gasteiger partial charge in [-0.3, -0.25) is 9.59 Å². The van der Waals surface area contributed by atoms with Gasteiger partial charge in [-0.1, -0.05) is 63.2 Å². The summed E-state index contributed by atoms with van der Waals surface area (Å²) in [7, 11) is 1.39. The first kappa shape index (κ1) is 19.2. The molecule has 134 valence electrons. The molecule has 0 saturated carbocycles. The summed E-state index contributed by atoms with van der Waals surface area (Å²) in [6, 6.07) is 14.4. The van der Waals surface area contributed by atoms with Gasteiger partial charge in [0, 0.05) is 12.3 Å². The molecule has 2 aromatic rings. The number of rotatable bonds is 8. The van der Waals surface area contributed by atoms with Crippen molar-refractivity contribution in [3.8, 4) is 0 Å². The molecular formula is C22H28O3. The topological polar surface area (TPSA) is 43.4 Å². The first-order chi connectivity index (χ1) is 11.9. The second-order valence-electron chi connectivity index (χ2n) is 7.26. The molecular weight excluding hydrogens is 312 g/mol. The highest BCUT2D eigenvalue weighted by atomic mass is 16.5. The summed E-state index contributed by atoms with van der Waals surface area (Å²) in [6.07, 6.45) is 1.63. The summed E-state index contributed by atoms with van der Waals surface area (Å²) in [5.74, 6) is -0.258. The predicted molar refractivity (Wildman–Crippen MR) is 101 cm³/mol. The number of carbonyl (C=O) groups excluding carboxylic acids is 2. The minimum absolute atomic E-state index is 0.120. The van der Waals surface area contributed by atoms with Crippen molar-refractivity contribution in [2.45, 2.75) is 40.0 Å². The molecule has 0 bridgehead atoms. The Balaban J connectivity index is 2.09. The minimum Gasteiger partial charge on any atom is -0.469 e. The van der Waals surface area contributed by atoms with Crippen LogP contribution in [0.15, 0.2) is 42.5 Å². The fourth-order valence-electron chi connectivity index (χ4n) is 3.36. The number of hydrogen-bond donors (Lipinski definition) is 0. The number of benzene rings is 2. The summed E-state index contributed by atoms with van der Waals surface area (Å²) in [4.78, 5) is 24.7. The van der Waals surface area contributed by atoms with E-state index in [9.17, 15) is 9.59 Å². The van der Waals surface area contributed by atoms with Gasteiger partial charge in [0.25, 0.3) is 0 Å². The highest BCUT2D eigenvalue weighted by molar-refractivity contribution is 5.88. The van der Waals surface area contributed by atoms with Crippen molar-refractivity contribution in [3.05, 3.63) is 48.0 Å². The lowest BCUT2D eigenvalue weighted by Gasteiger charge is -2.19. The number of ketones is 1. The third-order valence-corrected chi connectivity index (χ3v) is 4.69. The third kappa shape index (κ3) is 5.15. The van der Waals surface area contributed by atoms with Gasteiger partial charge in [0.15, 0.2) is 0 Å². The number of esters is 1. The summed E-state index contributed by atoms with van der Waals surface area (Å²) in [5, 5.41) is 2.38. The van der Waals surface area contributed by atoms with Gasteiger partial charge >= 0.3 is 5.97 Å². The first-order valence-electron chi connectivity index (χ1n) is 8.99. The van der Waals surface area contributed by atoms with Gasteiger partial charge in [0.05, 0.1) is 13.0 Å². The van der Waals surface area contributed by atoms with Crippen LogP contribution in [0.5, 0.6) is 0 Å². The monoisotopic (exact) mass is 340 g/mol. The van der Waals surface area contributed by atoms with Crippen LogP contribution in [0.1, 0.15) is 39.2 Å². The highest BCUT2D eigenvalue weighted by Crippen LogP contribution is 2.24. The molecule has 0 aliphatic rings. The van der Waals surface area contributed by atoms with Crippen LogP contribution in [0.3, 0.4) is 0 Å². The summed E-state index contributed by atoms with van der Waals surface area (Å²) in [6.45, 7) is 6.06. The van der Waals surface area contributed by atoms with Crippen LogP contribution >= 0.6 is 0 Å². The van der Waals surface area contributed by atoms with E-state index in [1.807, 2.05) is 25.1 Å². The summed E-state index contributed by atoms with van der Waals surface area (Å²) in [5.41, 5.74) is 1.18. The molecule has 0 heterocycles. The molecule has 0 aliphatic carbocycles. The summed E-state index contributed by atoms with van der Waals surface area (Å²) < 4.78 is 4.88. The van der Waals surface area contributed by atoms with Gasteiger partial charge in [0.1, 0.15) is 5.78 Å². The van der Waals surface area contributed by atoms with Gasteiger partial charge in [-0.15, -0.1) is 0 Å². The zero-order valence-electron chi connectivity index (χ0n) is 15.6. The van der Waals surface area contributed by atoms with Crippen molar-refractivity contribution in [1.29, 1.82) is 0 Å². The van der Waals surface area contributed by atoms with E-state index in [-0.39, 0.29) is 30.0 Å². The zero-order chi connectivity index (χ0) is 18.4. The van der Waals surface area contributed by atoms with Crippen LogP contribution in [-0.2, 0) is 20.7 Å². The van der Waals surface area contributed by atoms with Crippen molar-refractivity contribution in [3.63, 3.8) is 0 Å². The standard InChI is InChI=1S/C22H28O3/c1-15(2)12-19(22(24)25-4)14-21(23)16(3)13-18-10-7-9-17-8-5-6-11-20(17)18/h5-11,15-16,19H,12-14H2,1-4H3/t16-,19+/m0/s1. The number of ether oxygens (including phenoxy) is 1.